The van der Waals surface area contributed by atoms with Gasteiger partial charge in [-0.2, -0.15) is 0 Å². The zero-order valence-electron chi connectivity index (χ0n) is 20.0. The Hall–Kier alpha value is -3.35. The number of amides is 1. The van der Waals surface area contributed by atoms with Gasteiger partial charge in [-0.3, -0.25) is 4.79 Å². The molecule has 0 bridgehead atoms. The van der Waals surface area contributed by atoms with Crippen molar-refractivity contribution in [2.24, 2.45) is 0 Å². The number of carbonyl (C=O) groups excluding carboxylic acids is 2. The average molecular weight is 468 g/mol. The highest BCUT2D eigenvalue weighted by atomic mass is 16.6. The Labute approximate surface area is 200 Å². The molecular formula is C27H33NO6. The van der Waals surface area contributed by atoms with Crippen LogP contribution in [0.15, 0.2) is 54.6 Å². The first kappa shape index (κ1) is 25.3. The SMILES string of the molecule is CC(C)(C)OC(=O)C1(c2ccc(C[C@H](NC(=O)OCc3ccccc3)C(=O)O)cc2)CCCC1. The van der Waals surface area contributed by atoms with Crippen LogP contribution in [0.1, 0.15) is 63.1 Å². The molecule has 0 aliphatic heterocycles. The summed E-state index contributed by atoms with van der Waals surface area (Å²) in [5.41, 5.74) is 1.19. The number of nitrogens with one attached hydrogen (secondary N) is 1. The predicted molar refractivity (Wildman–Crippen MR) is 127 cm³/mol. The number of carboxylic acid groups (broad SMARTS) is 1. The summed E-state index contributed by atoms with van der Waals surface area (Å²) >= 11 is 0. The minimum Gasteiger partial charge on any atom is -0.480 e. The lowest BCUT2D eigenvalue weighted by Gasteiger charge is -2.31. The third kappa shape index (κ3) is 6.59. The quantitative estimate of drug-likeness (QED) is 0.543. The molecular weight excluding hydrogens is 434 g/mol. The molecule has 0 radical (unpaired) electrons. The van der Waals surface area contributed by atoms with E-state index in [4.69, 9.17) is 9.47 Å². The van der Waals surface area contributed by atoms with Crippen molar-refractivity contribution in [3.63, 3.8) is 0 Å². The summed E-state index contributed by atoms with van der Waals surface area (Å²) < 4.78 is 10.9. The number of alkyl carbamates (subject to hydrolysis) is 1. The molecule has 0 spiro atoms. The van der Waals surface area contributed by atoms with Gasteiger partial charge >= 0.3 is 18.0 Å². The molecule has 3 rings (SSSR count). The van der Waals surface area contributed by atoms with E-state index in [2.05, 4.69) is 5.32 Å². The van der Waals surface area contributed by atoms with Gasteiger partial charge in [-0.25, -0.2) is 9.59 Å². The number of aliphatic carboxylic acids is 1. The lowest BCUT2D eigenvalue weighted by atomic mass is 9.78. The molecule has 0 saturated heterocycles. The van der Waals surface area contributed by atoms with E-state index in [0.717, 1.165) is 42.4 Å². The van der Waals surface area contributed by atoms with E-state index in [1.807, 2.05) is 75.4 Å². The third-order valence-electron chi connectivity index (χ3n) is 6.00. The molecule has 182 valence electrons. The molecule has 1 aliphatic rings. The zero-order valence-corrected chi connectivity index (χ0v) is 20.0. The van der Waals surface area contributed by atoms with Crippen LogP contribution in [0.2, 0.25) is 0 Å². The fourth-order valence-corrected chi connectivity index (χ4v) is 4.27. The van der Waals surface area contributed by atoms with Gasteiger partial charge in [0.2, 0.25) is 0 Å². The molecule has 0 heterocycles. The number of hydrogen-bond donors (Lipinski definition) is 2. The van der Waals surface area contributed by atoms with Crippen molar-refractivity contribution >= 4 is 18.0 Å². The Morgan fingerprint density at radius 2 is 1.59 bits per heavy atom. The number of carboxylic acids is 1. The Balaban J connectivity index is 1.65. The number of hydrogen-bond acceptors (Lipinski definition) is 5. The summed E-state index contributed by atoms with van der Waals surface area (Å²) in [6.45, 7) is 5.64. The summed E-state index contributed by atoms with van der Waals surface area (Å²) in [5, 5.41) is 12.0. The van der Waals surface area contributed by atoms with Crippen molar-refractivity contribution < 1.29 is 29.0 Å². The molecule has 1 aliphatic carbocycles. The lowest BCUT2D eigenvalue weighted by molar-refractivity contribution is -0.162. The Morgan fingerprint density at radius 3 is 2.15 bits per heavy atom. The molecule has 1 amide bonds. The topological polar surface area (TPSA) is 102 Å². The Morgan fingerprint density at radius 1 is 0.971 bits per heavy atom. The van der Waals surface area contributed by atoms with Gasteiger partial charge in [0.25, 0.3) is 0 Å². The predicted octanol–water partition coefficient (Wildman–Crippen LogP) is 4.76. The van der Waals surface area contributed by atoms with Crippen LogP contribution in [0.4, 0.5) is 4.79 Å². The molecule has 34 heavy (non-hydrogen) atoms. The first-order chi connectivity index (χ1) is 16.1. The maximum atomic E-state index is 13.1. The van der Waals surface area contributed by atoms with E-state index in [0.29, 0.717) is 0 Å². The highest BCUT2D eigenvalue weighted by molar-refractivity contribution is 5.84. The van der Waals surface area contributed by atoms with Crippen LogP contribution in [0.3, 0.4) is 0 Å². The average Bonchev–Trinajstić information content (AvgIpc) is 3.29. The van der Waals surface area contributed by atoms with Crippen LogP contribution in [0, 0.1) is 0 Å². The van der Waals surface area contributed by atoms with Gasteiger partial charge in [-0.15, -0.1) is 0 Å². The Bertz CT molecular complexity index is 988. The molecule has 2 aromatic carbocycles. The second-order valence-electron chi connectivity index (χ2n) is 9.79. The van der Waals surface area contributed by atoms with Crippen LogP contribution < -0.4 is 5.32 Å². The molecule has 7 heteroatoms. The largest absolute Gasteiger partial charge is 0.480 e. The molecule has 1 atom stereocenters. The lowest BCUT2D eigenvalue weighted by Crippen LogP contribution is -2.42. The van der Waals surface area contributed by atoms with Gasteiger partial charge in [0.05, 0.1) is 5.41 Å². The first-order valence-corrected chi connectivity index (χ1v) is 11.6. The second-order valence-corrected chi connectivity index (χ2v) is 9.79. The van der Waals surface area contributed by atoms with Crippen LogP contribution in [0.25, 0.3) is 0 Å². The fourth-order valence-electron chi connectivity index (χ4n) is 4.27. The van der Waals surface area contributed by atoms with E-state index < -0.39 is 29.1 Å². The van der Waals surface area contributed by atoms with Crippen LogP contribution in [-0.4, -0.2) is 34.8 Å². The molecule has 1 fully saturated rings. The normalized spacial score (nSPS) is 15.9. The van der Waals surface area contributed by atoms with E-state index in [9.17, 15) is 19.5 Å². The van der Waals surface area contributed by atoms with Crippen molar-refractivity contribution in [3.05, 3.63) is 71.3 Å². The van der Waals surface area contributed by atoms with Crippen molar-refractivity contribution in [1.82, 2.24) is 5.32 Å². The van der Waals surface area contributed by atoms with E-state index in [1.165, 1.54) is 0 Å². The second kappa shape index (κ2) is 10.7. The maximum Gasteiger partial charge on any atom is 0.408 e. The van der Waals surface area contributed by atoms with Crippen molar-refractivity contribution in [2.45, 2.75) is 76.5 Å². The third-order valence-corrected chi connectivity index (χ3v) is 6.00. The Kier molecular flexibility index (Phi) is 7.97. The number of rotatable bonds is 8. The molecule has 2 N–H and O–H groups in total. The van der Waals surface area contributed by atoms with Gasteiger partial charge in [0.1, 0.15) is 18.2 Å². The molecule has 0 unspecified atom stereocenters. The number of esters is 1. The van der Waals surface area contributed by atoms with E-state index in [-0.39, 0.29) is 19.0 Å². The molecule has 7 nitrogen and oxygen atoms in total. The number of carbonyl (C=O) groups is 3. The van der Waals surface area contributed by atoms with E-state index in [1.54, 1.807) is 0 Å². The number of benzene rings is 2. The van der Waals surface area contributed by atoms with Crippen molar-refractivity contribution in [2.75, 3.05) is 0 Å². The first-order valence-electron chi connectivity index (χ1n) is 11.6. The standard InChI is InChI=1S/C27H33NO6/c1-26(2,3)34-24(31)27(15-7-8-16-27)21-13-11-19(12-14-21)17-22(23(29)30)28-25(32)33-18-20-9-5-4-6-10-20/h4-6,9-14,22H,7-8,15-18H2,1-3H3,(H,28,32)(H,29,30)/t22-/m0/s1. The van der Waals surface area contributed by atoms with Gasteiger partial charge in [-0.1, -0.05) is 67.4 Å². The van der Waals surface area contributed by atoms with Crippen molar-refractivity contribution in [1.29, 1.82) is 0 Å². The van der Waals surface area contributed by atoms with Gasteiger partial charge in [-0.05, 0) is 50.3 Å². The highest BCUT2D eigenvalue weighted by Crippen LogP contribution is 2.43. The minimum absolute atomic E-state index is 0.0560. The summed E-state index contributed by atoms with van der Waals surface area (Å²) in [7, 11) is 0. The van der Waals surface area contributed by atoms with Gasteiger partial charge in [0.15, 0.2) is 0 Å². The van der Waals surface area contributed by atoms with E-state index >= 15 is 0 Å². The summed E-state index contributed by atoms with van der Waals surface area (Å²) in [5.74, 6) is -1.36. The minimum atomic E-state index is -1.15. The summed E-state index contributed by atoms with van der Waals surface area (Å²) in [6, 6.07) is 15.4. The molecule has 1 saturated carbocycles. The molecule has 0 aromatic heterocycles. The summed E-state index contributed by atoms with van der Waals surface area (Å²) in [4.78, 5) is 36.9. The van der Waals surface area contributed by atoms with Gasteiger partial charge < -0.3 is 19.9 Å². The molecule has 2 aromatic rings. The zero-order chi connectivity index (χ0) is 24.8. The van der Waals surface area contributed by atoms with Crippen LogP contribution >= 0.6 is 0 Å². The summed E-state index contributed by atoms with van der Waals surface area (Å²) in [6.07, 6.45) is 2.67. The fraction of sp³-hybridized carbons (Fsp3) is 0.444. The van der Waals surface area contributed by atoms with Crippen LogP contribution in [-0.2, 0) is 37.5 Å². The monoisotopic (exact) mass is 467 g/mol. The highest BCUT2D eigenvalue weighted by Gasteiger charge is 2.45. The van der Waals surface area contributed by atoms with Crippen LogP contribution in [0.5, 0.6) is 0 Å². The van der Waals surface area contributed by atoms with Gasteiger partial charge in [0, 0.05) is 6.42 Å². The smallest absolute Gasteiger partial charge is 0.408 e. The maximum absolute atomic E-state index is 13.1. The van der Waals surface area contributed by atoms with Crippen molar-refractivity contribution in [3.8, 4) is 0 Å². The number of ether oxygens (including phenoxy) is 2.